The van der Waals surface area contributed by atoms with Crippen LogP contribution in [0.25, 0.3) is 0 Å². The maximum absolute atomic E-state index is 4.12. The van der Waals surface area contributed by atoms with Crippen LogP contribution in [0.3, 0.4) is 0 Å². The Balaban J connectivity index is 2.16. The molecule has 0 fully saturated rings. The molecule has 0 spiro atoms. The van der Waals surface area contributed by atoms with Crippen LogP contribution in [0.5, 0.6) is 0 Å². The molecule has 92 valence electrons. The Morgan fingerprint density at radius 2 is 2.12 bits per heavy atom. The molecule has 1 nitrogen and oxygen atoms in total. The number of aryl methyl sites for hydroxylation is 2. The zero-order valence-electron chi connectivity index (χ0n) is 11.1. The topological polar surface area (TPSA) is 12.0 Å². The fraction of sp³-hybridized carbons (Fsp3) is 0.500. The second-order valence-electron chi connectivity index (χ2n) is 5.03. The third-order valence-corrected chi connectivity index (χ3v) is 3.87. The molecule has 1 aromatic rings. The van der Waals surface area contributed by atoms with Gasteiger partial charge >= 0.3 is 0 Å². The third kappa shape index (κ3) is 2.78. The van der Waals surface area contributed by atoms with Gasteiger partial charge in [-0.1, -0.05) is 37.3 Å². The SMILES string of the molecule is C=C(CC)CC(NC)c1ccc2c(c1)CCC2. The average Bonchev–Trinajstić information content (AvgIpc) is 2.82. The predicted molar refractivity (Wildman–Crippen MR) is 74.3 cm³/mol. The first-order valence-corrected chi connectivity index (χ1v) is 6.70. The number of benzene rings is 1. The van der Waals surface area contributed by atoms with Crippen LogP contribution in [0.15, 0.2) is 30.4 Å². The van der Waals surface area contributed by atoms with Crippen LogP contribution in [0.1, 0.15) is 48.9 Å². The zero-order valence-corrected chi connectivity index (χ0v) is 11.1. The molecule has 0 radical (unpaired) electrons. The van der Waals surface area contributed by atoms with Gasteiger partial charge in [0.2, 0.25) is 0 Å². The van der Waals surface area contributed by atoms with Crippen molar-refractivity contribution >= 4 is 0 Å². The molecular formula is C16H23N. The van der Waals surface area contributed by atoms with Crippen molar-refractivity contribution in [1.29, 1.82) is 0 Å². The van der Waals surface area contributed by atoms with Crippen LogP contribution in [0, 0.1) is 0 Å². The highest BCUT2D eigenvalue weighted by atomic mass is 14.9. The average molecular weight is 229 g/mol. The Kier molecular flexibility index (Phi) is 4.01. The summed E-state index contributed by atoms with van der Waals surface area (Å²) in [6, 6.07) is 7.42. The molecule has 1 aliphatic rings. The molecule has 1 N–H and O–H groups in total. The summed E-state index contributed by atoms with van der Waals surface area (Å²) in [7, 11) is 2.04. The van der Waals surface area contributed by atoms with Crippen molar-refractivity contribution < 1.29 is 0 Å². The summed E-state index contributed by atoms with van der Waals surface area (Å²) in [5.74, 6) is 0. The summed E-state index contributed by atoms with van der Waals surface area (Å²) in [5, 5.41) is 3.41. The summed E-state index contributed by atoms with van der Waals surface area (Å²) in [5.41, 5.74) is 5.86. The van der Waals surface area contributed by atoms with Gasteiger partial charge in [0, 0.05) is 6.04 Å². The first kappa shape index (κ1) is 12.4. The third-order valence-electron chi connectivity index (χ3n) is 3.87. The monoisotopic (exact) mass is 229 g/mol. The standard InChI is InChI=1S/C16H23N/c1-4-12(2)10-16(17-3)15-9-8-13-6-5-7-14(13)11-15/h8-9,11,16-17H,2,4-7,10H2,1,3H3. The van der Waals surface area contributed by atoms with Crippen LogP contribution in [-0.2, 0) is 12.8 Å². The molecule has 1 unspecified atom stereocenters. The van der Waals surface area contributed by atoms with Crippen molar-refractivity contribution in [2.75, 3.05) is 7.05 Å². The highest BCUT2D eigenvalue weighted by molar-refractivity contribution is 5.36. The fourth-order valence-corrected chi connectivity index (χ4v) is 2.63. The van der Waals surface area contributed by atoms with E-state index in [1.54, 1.807) is 11.1 Å². The lowest BCUT2D eigenvalue weighted by Crippen LogP contribution is -2.17. The van der Waals surface area contributed by atoms with Gasteiger partial charge in [-0.3, -0.25) is 0 Å². The predicted octanol–water partition coefficient (Wildman–Crippen LogP) is 3.79. The van der Waals surface area contributed by atoms with E-state index in [4.69, 9.17) is 0 Å². The van der Waals surface area contributed by atoms with Gasteiger partial charge < -0.3 is 5.32 Å². The molecule has 0 saturated heterocycles. The minimum atomic E-state index is 0.424. The Bertz CT molecular complexity index is 406. The van der Waals surface area contributed by atoms with Gasteiger partial charge in [0.15, 0.2) is 0 Å². The lowest BCUT2D eigenvalue weighted by atomic mass is 9.96. The number of fused-ring (bicyclic) bond motifs is 1. The molecule has 1 aliphatic carbocycles. The summed E-state index contributed by atoms with van der Waals surface area (Å²) >= 11 is 0. The highest BCUT2D eigenvalue weighted by Gasteiger charge is 2.15. The van der Waals surface area contributed by atoms with Gasteiger partial charge in [-0.15, -0.1) is 0 Å². The van der Waals surface area contributed by atoms with Gasteiger partial charge in [0.1, 0.15) is 0 Å². The van der Waals surface area contributed by atoms with Gasteiger partial charge in [-0.05, 0) is 55.8 Å². The minimum Gasteiger partial charge on any atom is -0.313 e. The Morgan fingerprint density at radius 3 is 2.82 bits per heavy atom. The van der Waals surface area contributed by atoms with Gasteiger partial charge in [-0.2, -0.15) is 0 Å². The second-order valence-corrected chi connectivity index (χ2v) is 5.03. The molecule has 2 rings (SSSR count). The number of hydrogen-bond acceptors (Lipinski definition) is 1. The van der Waals surface area contributed by atoms with Crippen LogP contribution in [0.4, 0.5) is 0 Å². The van der Waals surface area contributed by atoms with E-state index in [9.17, 15) is 0 Å². The maximum atomic E-state index is 4.12. The van der Waals surface area contributed by atoms with E-state index >= 15 is 0 Å². The molecule has 0 bridgehead atoms. The second kappa shape index (κ2) is 5.50. The number of nitrogens with one attached hydrogen (secondary N) is 1. The van der Waals surface area contributed by atoms with Crippen molar-refractivity contribution in [1.82, 2.24) is 5.32 Å². The van der Waals surface area contributed by atoms with E-state index in [2.05, 4.69) is 37.0 Å². The summed E-state index contributed by atoms with van der Waals surface area (Å²) in [6.07, 6.45) is 5.97. The molecule has 0 heterocycles. The van der Waals surface area contributed by atoms with Gasteiger partial charge in [-0.25, -0.2) is 0 Å². The normalized spacial score (nSPS) is 15.6. The van der Waals surface area contributed by atoms with Crippen molar-refractivity contribution in [3.63, 3.8) is 0 Å². The lowest BCUT2D eigenvalue weighted by molar-refractivity contribution is 0.582. The molecule has 0 saturated carbocycles. The van der Waals surface area contributed by atoms with E-state index in [0.29, 0.717) is 6.04 Å². The van der Waals surface area contributed by atoms with Crippen LogP contribution in [0.2, 0.25) is 0 Å². The molecule has 0 amide bonds. The molecular weight excluding hydrogens is 206 g/mol. The maximum Gasteiger partial charge on any atom is 0.0355 e. The molecule has 0 aliphatic heterocycles. The van der Waals surface area contributed by atoms with Crippen molar-refractivity contribution in [2.24, 2.45) is 0 Å². The summed E-state index contributed by atoms with van der Waals surface area (Å²) < 4.78 is 0. The molecule has 17 heavy (non-hydrogen) atoms. The summed E-state index contributed by atoms with van der Waals surface area (Å²) in [4.78, 5) is 0. The Morgan fingerprint density at radius 1 is 1.35 bits per heavy atom. The molecule has 1 aromatic carbocycles. The smallest absolute Gasteiger partial charge is 0.0355 e. The van der Waals surface area contributed by atoms with Gasteiger partial charge in [0.05, 0.1) is 0 Å². The first-order valence-electron chi connectivity index (χ1n) is 6.70. The van der Waals surface area contributed by atoms with Crippen LogP contribution >= 0.6 is 0 Å². The first-order chi connectivity index (χ1) is 8.24. The Labute approximate surface area is 105 Å². The number of hydrogen-bond donors (Lipinski definition) is 1. The number of rotatable bonds is 5. The van der Waals surface area contributed by atoms with Crippen molar-refractivity contribution in [3.05, 3.63) is 47.0 Å². The molecule has 0 aromatic heterocycles. The van der Waals surface area contributed by atoms with E-state index in [0.717, 1.165) is 12.8 Å². The van der Waals surface area contributed by atoms with E-state index in [1.807, 2.05) is 7.05 Å². The largest absolute Gasteiger partial charge is 0.313 e. The fourth-order valence-electron chi connectivity index (χ4n) is 2.63. The van der Waals surface area contributed by atoms with Crippen LogP contribution in [-0.4, -0.2) is 7.05 Å². The quantitative estimate of drug-likeness (QED) is 0.757. The lowest BCUT2D eigenvalue weighted by Gasteiger charge is -2.18. The van der Waals surface area contributed by atoms with Crippen molar-refractivity contribution in [3.8, 4) is 0 Å². The van der Waals surface area contributed by atoms with Crippen LogP contribution < -0.4 is 5.32 Å². The van der Waals surface area contributed by atoms with Crippen molar-refractivity contribution in [2.45, 2.75) is 45.1 Å². The zero-order chi connectivity index (χ0) is 12.3. The molecule has 1 atom stereocenters. The van der Waals surface area contributed by atoms with E-state index in [-0.39, 0.29) is 0 Å². The van der Waals surface area contributed by atoms with E-state index < -0.39 is 0 Å². The summed E-state index contributed by atoms with van der Waals surface area (Å²) in [6.45, 7) is 6.30. The van der Waals surface area contributed by atoms with E-state index in [1.165, 1.54) is 30.4 Å². The Hall–Kier alpha value is -1.08. The highest BCUT2D eigenvalue weighted by Crippen LogP contribution is 2.28. The minimum absolute atomic E-state index is 0.424. The molecule has 1 heteroatoms. The van der Waals surface area contributed by atoms with Gasteiger partial charge in [0.25, 0.3) is 0 Å².